The minimum atomic E-state index is -0.392. The summed E-state index contributed by atoms with van der Waals surface area (Å²) in [6.45, 7) is 1.42. The van der Waals surface area contributed by atoms with Crippen LogP contribution in [-0.4, -0.2) is 30.1 Å². The molecule has 0 atom stereocenters. The van der Waals surface area contributed by atoms with Gasteiger partial charge < -0.3 is 20.1 Å². The first-order valence-electron chi connectivity index (χ1n) is 8.38. The summed E-state index contributed by atoms with van der Waals surface area (Å²) < 4.78 is 23.9. The summed E-state index contributed by atoms with van der Waals surface area (Å²) in [7, 11) is 3.00. The lowest BCUT2D eigenvalue weighted by atomic mass is 10.1. The van der Waals surface area contributed by atoms with Crippen LogP contribution in [0.15, 0.2) is 48.8 Å². The maximum atomic E-state index is 13.4. The monoisotopic (exact) mass is 382 g/mol. The lowest BCUT2D eigenvalue weighted by Crippen LogP contribution is -2.07. The van der Waals surface area contributed by atoms with E-state index in [1.165, 1.54) is 39.6 Å². The molecule has 1 amide bonds. The van der Waals surface area contributed by atoms with Gasteiger partial charge in [0.05, 0.1) is 25.6 Å². The standard InChI is InChI=1S/C20H19FN4O3/c1-12(26)24-17-9-14(5-7-18(17)27-2)25-20-10-16(22-11-23-20)15-6-4-13(21)8-19(15)28-3/h4-11H,1-3H3,(H,24,26)(H,22,23,25). The molecule has 28 heavy (non-hydrogen) atoms. The Bertz CT molecular complexity index is 1010. The molecule has 0 spiro atoms. The van der Waals surface area contributed by atoms with Gasteiger partial charge in [0.15, 0.2) is 0 Å². The Balaban J connectivity index is 1.91. The Labute approximate surface area is 161 Å². The van der Waals surface area contributed by atoms with Gasteiger partial charge in [-0.25, -0.2) is 14.4 Å². The third-order valence-corrected chi connectivity index (χ3v) is 3.89. The normalized spacial score (nSPS) is 10.3. The van der Waals surface area contributed by atoms with Gasteiger partial charge in [0, 0.05) is 30.3 Å². The third kappa shape index (κ3) is 4.35. The van der Waals surface area contributed by atoms with Crippen molar-refractivity contribution in [3.8, 4) is 22.8 Å². The molecular weight excluding hydrogens is 363 g/mol. The number of hydrogen-bond donors (Lipinski definition) is 2. The Morgan fingerprint density at radius 1 is 1.00 bits per heavy atom. The molecule has 2 aromatic carbocycles. The van der Waals surface area contributed by atoms with Gasteiger partial charge in [-0.15, -0.1) is 0 Å². The highest BCUT2D eigenvalue weighted by Gasteiger charge is 2.11. The summed E-state index contributed by atoms with van der Waals surface area (Å²) in [5.74, 6) is 0.845. The predicted octanol–water partition coefficient (Wildman–Crippen LogP) is 4.00. The zero-order chi connectivity index (χ0) is 20.1. The highest BCUT2D eigenvalue weighted by atomic mass is 19.1. The molecule has 1 heterocycles. The van der Waals surface area contributed by atoms with Crippen molar-refractivity contribution in [2.45, 2.75) is 6.92 Å². The second-order valence-electron chi connectivity index (χ2n) is 5.85. The van der Waals surface area contributed by atoms with Crippen molar-refractivity contribution in [2.75, 3.05) is 24.9 Å². The molecular formula is C20H19FN4O3. The smallest absolute Gasteiger partial charge is 0.221 e. The third-order valence-electron chi connectivity index (χ3n) is 3.89. The fourth-order valence-electron chi connectivity index (χ4n) is 2.67. The van der Waals surface area contributed by atoms with Gasteiger partial charge in [0.1, 0.15) is 29.5 Å². The Kier molecular flexibility index (Phi) is 5.69. The molecule has 0 aliphatic rings. The first-order valence-corrected chi connectivity index (χ1v) is 8.38. The Morgan fingerprint density at radius 2 is 1.79 bits per heavy atom. The van der Waals surface area contributed by atoms with Crippen molar-refractivity contribution in [1.82, 2.24) is 9.97 Å². The molecule has 3 aromatic rings. The van der Waals surface area contributed by atoms with Crippen molar-refractivity contribution in [3.63, 3.8) is 0 Å². The summed E-state index contributed by atoms with van der Waals surface area (Å²) >= 11 is 0. The molecule has 0 fully saturated rings. The summed E-state index contributed by atoms with van der Waals surface area (Å²) in [4.78, 5) is 19.8. The van der Waals surface area contributed by atoms with Gasteiger partial charge in [-0.1, -0.05) is 0 Å². The first kappa shape index (κ1) is 19.1. The van der Waals surface area contributed by atoms with Crippen molar-refractivity contribution < 1.29 is 18.7 Å². The number of anilines is 3. The fraction of sp³-hybridized carbons (Fsp3) is 0.150. The largest absolute Gasteiger partial charge is 0.496 e. The quantitative estimate of drug-likeness (QED) is 0.670. The van der Waals surface area contributed by atoms with Crippen LogP contribution >= 0.6 is 0 Å². The van der Waals surface area contributed by atoms with E-state index in [2.05, 4.69) is 20.6 Å². The number of carbonyl (C=O) groups excluding carboxylic acids is 1. The molecule has 0 radical (unpaired) electrons. The van der Waals surface area contributed by atoms with E-state index in [9.17, 15) is 9.18 Å². The molecule has 0 saturated carbocycles. The number of methoxy groups -OCH3 is 2. The van der Waals surface area contributed by atoms with E-state index in [0.717, 1.165) is 0 Å². The minimum absolute atomic E-state index is 0.205. The van der Waals surface area contributed by atoms with Gasteiger partial charge in [-0.3, -0.25) is 4.79 Å². The minimum Gasteiger partial charge on any atom is -0.496 e. The van der Waals surface area contributed by atoms with Crippen LogP contribution in [0.4, 0.5) is 21.6 Å². The molecule has 144 valence electrons. The molecule has 7 nitrogen and oxygen atoms in total. The number of nitrogens with one attached hydrogen (secondary N) is 2. The van der Waals surface area contributed by atoms with Crippen molar-refractivity contribution in [1.29, 1.82) is 0 Å². The number of carbonyl (C=O) groups is 1. The highest BCUT2D eigenvalue weighted by Crippen LogP contribution is 2.32. The molecule has 8 heteroatoms. The van der Waals surface area contributed by atoms with Gasteiger partial charge in [0.25, 0.3) is 0 Å². The Hall–Kier alpha value is -3.68. The van der Waals surface area contributed by atoms with Crippen LogP contribution in [0.5, 0.6) is 11.5 Å². The maximum Gasteiger partial charge on any atom is 0.221 e. The van der Waals surface area contributed by atoms with Crippen LogP contribution < -0.4 is 20.1 Å². The average molecular weight is 382 g/mol. The number of hydrogen-bond acceptors (Lipinski definition) is 6. The van der Waals surface area contributed by atoms with Gasteiger partial charge in [-0.2, -0.15) is 0 Å². The number of rotatable bonds is 6. The van der Waals surface area contributed by atoms with Crippen LogP contribution in [0.3, 0.4) is 0 Å². The number of benzene rings is 2. The maximum absolute atomic E-state index is 13.4. The summed E-state index contributed by atoms with van der Waals surface area (Å²) in [6.07, 6.45) is 1.40. The zero-order valence-corrected chi connectivity index (χ0v) is 15.6. The molecule has 1 aromatic heterocycles. The van der Waals surface area contributed by atoms with Gasteiger partial charge in [-0.05, 0) is 30.3 Å². The number of nitrogens with zero attached hydrogens (tertiary/aromatic N) is 2. The van der Waals surface area contributed by atoms with Crippen LogP contribution in [0.25, 0.3) is 11.3 Å². The summed E-state index contributed by atoms with van der Waals surface area (Å²) in [5, 5.41) is 5.87. The molecule has 3 rings (SSSR count). The van der Waals surface area contributed by atoms with Crippen molar-refractivity contribution in [3.05, 3.63) is 54.6 Å². The Morgan fingerprint density at radius 3 is 2.50 bits per heavy atom. The van der Waals surface area contributed by atoms with E-state index in [-0.39, 0.29) is 5.91 Å². The lowest BCUT2D eigenvalue weighted by Gasteiger charge is -2.13. The molecule has 0 aliphatic heterocycles. The van der Waals surface area contributed by atoms with E-state index < -0.39 is 5.82 Å². The highest BCUT2D eigenvalue weighted by molar-refractivity contribution is 5.91. The summed E-state index contributed by atoms with van der Waals surface area (Å²) in [5.41, 5.74) is 2.45. The number of halogens is 1. The number of amides is 1. The fourth-order valence-corrected chi connectivity index (χ4v) is 2.67. The van der Waals surface area contributed by atoms with E-state index in [0.29, 0.717) is 39.9 Å². The first-order chi connectivity index (χ1) is 13.5. The topological polar surface area (TPSA) is 85.4 Å². The second kappa shape index (κ2) is 8.34. The van der Waals surface area contributed by atoms with E-state index in [1.54, 1.807) is 30.3 Å². The van der Waals surface area contributed by atoms with Crippen LogP contribution in [0.2, 0.25) is 0 Å². The van der Waals surface area contributed by atoms with Crippen LogP contribution in [0, 0.1) is 5.82 Å². The molecule has 0 saturated heterocycles. The number of ether oxygens (including phenoxy) is 2. The predicted molar refractivity (Wildman–Crippen MR) is 105 cm³/mol. The van der Waals surface area contributed by atoms with Gasteiger partial charge in [0.2, 0.25) is 5.91 Å². The van der Waals surface area contributed by atoms with Crippen LogP contribution in [0.1, 0.15) is 6.92 Å². The van der Waals surface area contributed by atoms with E-state index >= 15 is 0 Å². The molecule has 2 N–H and O–H groups in total. The van der Waals surface area contributed by atoms with Crippen LogP contribution in [-0.2, 0) is 4.79 Å². The van der Waals surface area contributed by atoms with E-state index in [1.807, 2.05) is 0 Å². The zero-order valence-electron chi connectivity index (χ0n) is 15.6. The molecule has 0 aliphatic carbocycles. The van der Waals surface area contributed by atoms with Gasteiger partial charge >= 0.3 is 0 Å². The van der Waals surface area contributed by atoms with E-state index in [4.69, 9.17) is 9.47 Å². The van der Waals surface area contributed by atoms with Crippen molar-refractivity contribution in [2.24, 2.45) is 0 Å². The lowest BCUT2D eigenvalue weighted by molar-refractivity contribution is -0.114. The SMILES string of the molecule is COc1ccc(Nc2cc(-c3ccc(F)cc3OC)ncn2)cc1NC(C)=O. The summed E-state index contributed by atoms with van der Waals surface area (Å²) in [6, 6.07) is 11.2. The molecule has 0 unspecified atom stereocenters. The van der Waals surface area contributed by atoms with Crippen molar-refractivity contribution >= 4 is 23.1 Å². The molecule has 0 bridgehead atoms. The number of aromatic nitrogens is 2. The second-order valence-corrected chi connectivity index (χ2v) is 5.85. The average Bonchev–Trinajstić information content (AvgIpc) is 2.68.